The molecule has 1 atom stereocenters. The Morgan fingerprint density at radius 2 is 1.94 bits per heavy atom. The lowest BCUT2D eigenvalue weighted by Crippen LogP contribution is -2.46. The van der Waals surface area contributed by atoms with E-state index in [1.165, 1.54) is 0 Å². The molecule has 1 aromatic rings. The summed E-state index contributed by atoms with van der Waals surface area (Å²) >= 11 is 4.12. The summed E-state index contributed by atoms with van der Waals surface area (Å²) in [6.45, 7) is 0. The smallest absolute Gasteiger partial charge is 0.266 e. The Morgan fingerprint density at radius 3 is 2.56 bits per heavy atom. The first-order chi connectivity index (χ1) is 7.72. The van der Waals surface area contributed by atoms with E-state index in [4.69, 9.17) is 5.26 Å². The van der Waals surface area contributed by atoms with E-state index < -0.39 is 11.4 Å². The third-order valence-corrected chi connectivity index (χ3v) is 2.46. The number of hydrogen-bond acceptors (Lipinski definition) is 4. The summed E-state index contributed by atoms with van der Waals surface area (Å²) in [5, 5.41) is 14.4. The van der Waals surface area contributed by atoms with Gasteiger partial charge in [0.15, 0.2) is 0 Å². The van der Waals surface area contributed by atoms with Gasteiger partial charge in [-0.15, -0.1) is 12.6 Å². The van der Waals surface area contributed by atoms with Crippen LogP contribution in [0.25, 0.3) is 5.70 Å². The zero-order chi connectivity index (χ0) is 11.5. The zero-order valence-corrected chi connectivity index (χ0v) is 9.16. The average Bonchev–Trinajstić information content (AvgIpc) is 2.29. The van der Waals surface area contributed by atoms with Crippen LogP contribution in [0.15, 0.2) is 35.9 Å². The van der Waals surface area contributed by atoms with Gasteiger partial charge in [-0.25, -0.2) is 0 Å². The molecule has 0 bridgehead atoms. The van der Waals surface area contributed by atoms with Crippen LogP contribution in [0.4, 0.5) is 0 Å². The van der Waals surface area contributed by atoms with Crippen LogP contribution >= 0.6 is 12.6 Å². The lowest BCUT2D eigenvalue weighted by molar-refractivity contribution is -0.117. The maximum absolute atomic E-state index is 11.5. The fourth-order valence-corrected chi connectivity index (χ4v) is 1.74. The number of rotatable bonds is 1. The average molecular weight is 231 g/mol. The number of nitriles is 1. The van der Waals surface area contributed by atoms with Gasteiger partial charge in [0.2, 0.25) is 0 Å². The third-order valence-electron chi connectivity index (χ3n) is 2.20. The number of amides is 1. The largest absolute Gasteiger partial charge is 0.355 e. The maximum Gasteiger partial charge on any atom is 0.266 e. The Hall–Kier alpha value is -1.93. The number of hydrogen-bond donors (Lipinski definition) is 3. The minimum Gasteiger partial charge on any atom is -0.355 e. The molecule has 0 radical (unpaired) electrons. The minimum absolute atomic E-state index is 0.0801. The number of carbonyl (C=O) groups is 1. The van der Waals surface area contributed by atoms with Crippen molar-refractivity contribution in [3.05, 3.63) is 41.5 Å². The van der Waals surface area contributed by atoms with E-state index in [9.17, 15) is 4.79 Å². The first-order valence-electron chi connectivity index (χ1n) is 4.67. The summed E-state index contributed by atoms with van der Waals surface area (Å²) in [6, 6.07) is 11.1. The van der Waals surface area contributed by atoms with Gasteiger partial charge in [-0.2, -0.15) is 5.26 Å². The van der Waals surface area contributed by atoms with Crippen molar-refractivity contribution >= 4 is 24.2 Å². The lowest BCUT2D eigenvalue weighted by atomic mass is 10.1. The number of nitrogens with zero attached hydrogens (tertiary/aromatic N) is 1. The number of nitrogens with one attached hydrogen (secondary N) is 2. The van der Waals surface area contributed by atoms with Crippen LogP contribution < -0.4 is 10.6 Å². The summed E-state index contributed by atoms with van der Waals surface area (Å²) < 4.78 is 0. The highest BCUT2D eigenvalue weighted by Crippen LogP contribution is 2.19. The second-order valence-corrected chi connectivity index (χ2v) is 3.76. The van der Waals surface area contributed by atoms with Gasteiger partial charge in [-0.1, -0.05) is 30.3 Å². The first kappa shape index (κ1) is 10.6. The Kier molecular flexibility index (Phi) is 2.84. The monoisotopic (exact) mass is 231 g/mol. The van der Waals surface area contributed by atoms with Gasteiger partial charge in [0.25, 0.3) is 5.91 Å². The lowest BCUT2D eigenvalue weighted by Gasteiger charge is -2.24. The molecule has 1 aromatic carbocycles. The van der Waals surface area contributed by atoms with E-state index in [0.717, 1.165) is 5.56 Å². The molecule has 1 amide bonds. The second kappa shape index (κ2) is 4.29. The molecule has 2 N–H and O–H groups in total. The van der Waals surface area contributed by atoms with Crippen LogP contribution in [0.2, 0.25) is 0 Å². The molecule has 0 spiro atoms. The predicted octanol–water partition coefficient (Wildman–Crippen LogP) is 0.854. The highest BCUT2D eigenvalue weighted by Gasteiger charge is 2.24. The molecule has 80 valence electrons. The molecule has 0 saturated carbocycles. The summed E-state index contributed by atoms with van der Waals surface area (Å²) in [4.78, 5) is 11.5. The molecule has 0 aliphatic carbocycles. The molecule has 0 saturated heterocycles. The van der Waals surface area contributed by atoms with Gasteiger partial charge in [-0.05, 0) is 5.56 Å². The second-order valence-electron chi connectivity index (χ2n) is 3.25. The number of benzene rings is 1. The van der Waals surface area contributed by atoms with Gasteiger partial charge < -0.3 is 10.6 Å². The van der Waals surface area contributed by atoms with E-state index in [1.807, 2.05) is 36.4 Å². The Bertz CT molecular complexity index is 490. The van der Waals surface area contributed by atoms with E-state index in [1.54, 1.807) is 0 Å². The molecule has 0 aromatic heterocycles. The summed E-state index contributed by atoms with van der Waals surface area (Å²) in [7, 11) is 0. The molecule has 1 unspecified atom stereocenters. The predicted molar refractivity (Wildman–Crippen MR) is 63.0 cm³/mol. The SMILES string of the molecule is N#CC1=C(c2ccccc2)NC(S)NC1=O. The van der Waals surface area contributed by atoms with E-state index in [-0.39, 0.29) is 5.57 Å². The number of thiol groups is 1. The van der Waals surface area contributed by atoms with Crippen LogP contribution in [-0.4, -0.2) is 11.4 Å². The molecular weight excluding hydrogens is 222 g/mol. The van der Waals surface area contributed by atoms with Crippen molar-refractivity contribution in [1.29, 1.82) is 5.26 Å². The van der Waals surface area contributed by atoms with Gasteiger partial charge >= 0.3 is 0 Å². The van der Waals surface area contributed by atoms with Gasteiger partial charge in [0.1, 0.15) is 17.1 Å². The third kappa shape index (κ3) is 1.88. The molecule has 2 rings (SSSR count). The summed E-state index contributed by atoms with van der Waals surface area (Å²) in [5.74, 6) is -0.403. The fourth-order valence-electron chi connectivity index (χ4n) is 1.49. The van der Waals surface area contributed by atoms with Gasteiger partial charge in [-0.3, -0.25) is 4.79 Å². The zero-order valence-electron chi connectivity index (χ0n) is 8.27. The topological polar surface area (TPSA) is 64.9 Å². The molecule has 4 nitrogen and oxygen atoms in total. The van der Waals surface area contributed by atoms with Crippen LogP contribution in [0.5, 0.6) is 0 Å². The van der Waals surface area contributed by atoms with Crippen LogP contribution in [-0.2, 0) is 4.79 Å². The summed E-state index contributed by atoms with van der Waals surface area (Å²) in [6.07, 6.45) is 0. The Labute approximate surface area is 98.4 Å². The fraction of sp³-hybridized carbons (Fsp3) is 0.0909. The van der Waals surface area contributed by atoms with Crippen molar-refractivity contribution < 1.29 is 4.79 Å². The van der Waals surface area contributed by atoms with Crippen molar-refractivity contribution in [3.63, 3.8) is 0 Å². The van der Waals surface area contributed by atoms with Crippen molar-refractivity contribution in [1.82, 2.24) is 10.6 Å². The van der Waals surface area contributed by atoms with Gasteiger partial charge in [0.05, 0.1) is 5.70 Å². The minimum atomic E-state index is -0.472. The first-order valence-corrected chi connectivity index (χ1v) is 5.19. The van der Waals surface area contributed by atoms with Gasteiger partial charge in [0, 0.05) is 0 Å². The van der Waals surface area contributed by atoms with Crippen molar-refractivity contribution in [3.8, 4) is 6.07 Å². The van der Waals surface area contributed by atoms with Crippen molar-refractivity contribution in [2.75, 3.05) is 0 Å². The molecule has 0 fully saturated rings. The van der Waals surface area contributed by atoms with E-state index >= 15 is 0 Å². The molecule has 16 heavy (non-hydrogen) atoms. The highest BCUT2D eigenvalue weighted by molar-refractivity contribution is 7.80. The Morgan fingerprint density at radius 1 is 1.25 bits per heavy atom. The van der Waals surface area contributed by atoms with Crippen LogP contribution in [0.1, 0.15) is 5.56 Å². The van der Waals surface area contributed by atoms with E-state index in [2.05, 4.69) is 23.3 Å². The molecule has 1 aliphatic rings. The molecule has 1 aliphatic heterocycles. The van der Waals surface area contributed by atoms with Crippen molar-refractivity contribution in [2.45, 2.75) is 5.50 Å². The molecule has 5 heteroatoms. The molecule has 1 heterocycles. The Balaban J connectivity index is 2.52. The van der Waals surface area contributed by atoms with Crippen molar-refractivity contribution in [2.24, 2.45) is 0 Å². The highest BCUT2D eigenvalue weighted by atomic mass is 32.1. The number of carbonyl (C=O) groups excluding carboxylic acids is 1. The molecular formula is C11H9N3OS. The van der Waals surface area contributed by atoms with Crippen LogP contribution in [0.3, 0.4) is 0 Å². The normalized spacial score (nSPS) is 19.8. The summed E-state index contributed by atoms with van der Waals surface area (Å²) in [5.41, 5.74) is 0.927. The quantitative estimate of drug-likeness (QED) is 0.628. The maximum atomic E-state index is 11.5. The van der Waals surface area contributed by atoms with E-state index in [0.29, 0.717) is 5.70 Å². The van der Waals surface area contributed by atoms with Crippen LogP contribution in [0, 0.1) is 11.3 Å². The standard InChI is InChI=1S/C11H9N3OS/c12-6-8-9(7-4-2-1-3-5-7)13-11(16)14-10(8)15/h1-5,11,13,16H,(H,14,15).